The molecule has 0 bridgehead atoms. The summed E-state index contributed by atoms with van der Waals surface area (Å²) in [6.07, 6.45) is 2.51. The SMILES string of the molecule is COCC[CH2][Ge][CH2]CCOC. The van der Waals surface area contributed by atoms with Crippen molar-refractivity contribution in [1.29, 1.82) is 0 Å². The first-order valence-electron chi connectivity index (χ1n) is 4.10. The van der Waals surface area contributed by atoms with Crippen molar-refractivity contribution in [2.45, 2.75) is 23.3 Å². The molecule has 0 fully saturated rings. The molecule has 0 aromatic rings. The molecule has 66 valence electrons. The average molecular weight is 219 g/mol. The fourth-order valence-corrected chi connectivity index (χ4v) is 2.99. The summed E-state index contributed by atoms with van der Waals surface area (Å²) in [6, 6.07) is 0. The van der Waals surface area contributed by atoms with E-state index in [1.807, 2.05) is 0 Å². The first-order valence-corrected chi connectivity index (χ1v) is 7.07. The molecular weight excluding hydrogens is 201 g/mol. The fraction of sp³-hybridized carbons (Fsp3) is 1.00. The second-order valence-electron chi connectivity index (χ2n) is 2.44. The molecule has 2 radical (unpaired) electrons. The monoisotopic (exact) mass is 220 g/mol. The van der Waals surface area contributed by atoms with Crippen LogP contribution in [0.15, 0.2) is 0 Å². The van der Waals surface area contributed by atoms with E-state index >= 15 is 0 Å². The predicted molar refractivity (Wildman–Crippen MR) is 48.4 cm³/mol. The number of ether oxygens (including phenoxy) is 2. The van der Waals surface area contributed by atoms with Gasteiger partial charge in [-0.05, 0) is 0 Å². The van der Waals surface area contributed by atoms with Gasteiger partial charge in [0.2, 0.25) is 0 Å². The molecule has 0 aromatic carbocycles. The van der Waals surface area contributed by atoms with Crippen molar-refractivity contribution in [2.24, 2.45) is 0 Å². The molecule has 0 unspecified atom stereocenters. The van der Waals surface area contributed by atoms with E-state index in [2.05, 4.69) is 0 Å². The molecule has 0 aliphatic rings. The molecule has 0 saturated carbocycles. The minimum atomic E-state index is 0.321. The molecule has 0 rings (SSSR count). The van der Waals surface area contributed by atoms with Crippen LogP contribution in [0.2, 0.25) is 10.5 Å². The van der Waals surface area contributed by atoms with Crippen LogP contribution in [0.25, 0.3) is 0 Å². The van der Waals surface area contributed by atoms with Crippen molar-refractivity contribution < 1.29 is 9.47 Å². The van der Waals surface area contributed by atoms with Gasteiger partial charge in [0.25, 0.3) is 0 Å². The van der Waals surface area contributed by atoms with Crippen LogP contribution in [0.1, 0.15) is 12.8 Å². The molecule has 2 nitrogen and oxygen atoms in total. The molecular formula is C8H18GeO2. The van der Waals surface area contributed by atoms with Gasteiger partial charge in [-0.2, -0.15) is 0 Å². The topological polar surface area (TPSA) is 18.5 Å². The Hall–Kier alpha value is 0.463. The normalized spacial score (nSPS) is 10.4. The summed E-state index contributed by atoms with van der Waals surface area (Å²) in [5.41, 5.74) is 0. The van der Waals surface area contributed by atoms with Crippen LogP contribution >= 0.6 is 0 Å². The Bertz CT molecular complexity index is 61.1. The van der Waals surface area contributed by atoms with Gasteiger partial charge in [-0.3, -0.25) is 0 Å². The van der Waals surface area contributed by atoms with E-state index in [0.29, 0.717) is 15.4 Å². The van der Waals surface area contributed by atoms with Crippen LogP contribution in [0.4, 0.5) is 0 Å². The van der Waals surface area contributed by atoms with E-state index in [9.17, 15) is 0 Å². The Kier molecular flexibility index (Phi) is 10.9. The van der Waals surface area contributed by atoms with Gasteiger partial charge in [0.1, 0.15) is 0 Å². The third-order valence-corrected chi connectivity index (χ3v) is 4.37. The molecule has 0 saturated heterocycles. The van der Waals surface area contributed by atoms with Crippen molar-refractivity contribution in [1.82, 2.24) is 0 Å². The number of hydrogen-bond acceptors (Lipinski definition) is 2. The van der Waals surface area contributed by atoms with Crippen molar-refractivity contribution in [3.05, 3.63) is 0 Å². The van der Waals surface area contributed by atoms with Gasteiger partial charge in [-0.25, -0.2) is 0 Å². The van der Waals surface area contributed by atoms with Crippen LogP contribution in [0.3, 0.4) is 0 Å². The summed E-state index contributed by atoms with van der Waals surface area (Å²) in [5.74, 6) is 0. The molecule has 0 aliphatic heterocycles. The fourth-order valence-electron chi connectivity index (χ4n) is 0.808. The Morgan fingerprint density at radius 1 is 0.909 bits per heavy atom. The average Bonchev–Trinajstić information content (AvgIpc) is 2.03. The van der Waals surface area contributed by atoms with E-state index < -0.39 is 0 Å². The van der Waals surface area contributed by atoms with Crippen LogP contribution in [-0.4, -0.2) is 42.9 Å². The second-order valence-corrected chi connectivity index (χ2v) is 5.59. The van der Waals surface area contributed by atoms with Gasteiger partial charge in [-0.15, -0.1) is 0 Å². The maximum atomic E-state index is 4.96. The number of methoxy groups -OCH3 is 2. The van der Waals surface area contributed by atoms with Crippen LogP contribution in [-0.2, 0) is 9.47 Å². The standard InChI is InChI=1S/C8H18GeO2/c1-10-7-3-5-9-6-4-8-11-2/h3-8H2,1-2H3. The summed E-state index contributed by atoms with van der Waals surface area (Å²) >= 11 is 0.321. The van der Waals surface area contributed by atoms with E-state index in [1.165, 1.54) is 23.3 Å². The van der Waals surface area contributed by atoms with Gasteiger partial charge in [0.05, 0.1) is 0 Å². The third-order valence-electron chi connectivity index (χ3n) is 1.40. The summed E-state index contributed by atoms with van der Waals surface area (Å²) in [4.78, 5) is 0. The maximum absolute atomic E-state index is 4.96. The molecule has 0 aromatic heterocycles. The van der Waals surface area contributed by atoms with Crippen molar-refractivity contribution >= 4 is 15.4 Å². The molecule has 0 N–H and O–H groups in total. The Morgan fingerprint density at radius 2 is 1.36 bits per heavy atom. The summed E-state index contributed by atoms with van der Waals surface area (Å²) in [5, 5.41) is 2.83. The molecule has 11 heavy (non-hydrogen) atoms. The summed E-state index contributed by atoms with van der Waals surface area (Å²) in [7, 11) is 3.54. The molecule has 0 heterocycles. The molecule has 0 spiro atoms. The minimum absolute atomic E-state index is 0.321. The van der Waals surface area contributed by atoms with Crippen molar-refractivity contribution in [3.63, 3.8) is 0 Å². The summed E-state index contributed by atoms with van der Waals surface area (Å²) in [6.45, 7) is 1.88. The van der Waals surface area contributed by atoms with Crippen LogP contribution < -0.4 is 0 Å². The van der Waals surface area contributed by atoms with E-state index in [4.69, 9.17) is 9.47 Å². The van der Waals surface area contributed by atoms with Crippen LogP contribution in [0.5, 0.6) is 0 Å². The Labute approximate surface area is 76.1 Å². The van der Waals surface area contributed by atoms with Crippen molar-refractivity contribution in [2.75, 3.05) is 27.4 Å². The number of rotatable bonds is 8. The van der Waals surface area contributed by atoms with Gasteiger partial charge in [-0.1, -0.05) is 0 Å². The van der Waals surface area contributed by atoms with Crippen molar-refractivity contribution in [3.8, 4) is 0 Å². The van der Waals surface area contributed by atoms with Gasteiger partial charge in [0, 0.05) is 0 Å². The Balaban J connectivity index is 2.69. The molecule has 0 amide bonds. The quantitative estimate of drug-likeness (QED) is 0.455. The van der Waals surface area contributed by atoms with Gasteiger partial charge in [0.15, 0.2) is 0 Å². The Morgan fingerprint density at radius 3 is 1.73 bits per heavy atom. The second kappa shape index (κ2) is 10.5. The van der Waals surface area contributed by atoms with Gasteiger partial charge >= 0.3 is 75.7 Å². The predicted octanol–water partition coefficient (Wildman–Crippen LogP) is 1.60. The summed E-state index contributed by atoms with van der Waals surface area (Å²) < 4.78 is 9.93. The third kappa shape index (κ3) is 10.5. The molecule has 3 heteroatoms. The zero-order chi connectivity index (χ0) is 8.36. The first-order chi connectivity index (χ1) is 5.41. The van der Waals surface area contributed by atoms with E-state index in [1.54, 1.807) is 14.2 Å². The van der Waals surface area contributed by atoms with E-state index in [0.717, 1.165) is 13.2 Å². The zero-order valence-corrected chi connectivity index (χ0v) is 9.66. The first kappa shape index (κ1) is 11.5. The van der Waals surface area contributed by atoms with E-state index in [-0.39, 0.29) is 0 Å². The van der Waals surface area contributed by atoms with Gasteiger partial charge < -0.3 is 0 Å². The number of hydrogen-bond donors (Lipinski definition) is 0. The van der Waals surface area contributed by atoms with Crippen LogP contribution in [0, 0.1) is 0 Å². The molecule has 0 atom stereocenters. The molecule has 0 aliphatic carbocycles. The zero-order valence-electron chi connectivity index (χ0n) is 7.56.